The zero-order chi connectivity index (χ0) is 20.1. The zero-order valence-corrected chi connectivity index (χ0v) is 17.6. The average Bonchev–Trinajstić information content (AvgIpc) is 2.74. The van der Waals surface area contributed by atoms with Crippen molar-refractivity contribution in [2.75, 3.05) is 17.7 Å². The van der Waals surface area contributed by atoms with Crippen LogP contribution < -0.4 is 10.6 Å². The summed E-state index contributed by atoms with van der Waals surface area (Å²) in [4.78, 5) is 4.43. The van der Waals surface area contributed by atoms with Gasteiger partial charge in [0.05, 0.1) is 11.4 Å². The van der Waals surface area contributed by atoms with Crippen molar-refractivity contribution in [1.82, 2.24) is 4.98 Å². The minimum Gasteiger partial charge on any atom is -0.386 e. The Kier molecular flexibility index (Phi) is 6.79. The van der Waals surface area contributed by atoms with Gasteiger partial charge in [-0.3, -0.25) is 4.98 Å². The molecule has 1 fully saturated rings. The van der Waals surface area contributed by atoms with Gasteiger partial charge in [-0.1, -0.05) is 31.7 Å². The Balaban J connectivity index is 1.61. The number of nitrogens with one attached hydrogen (secondary N) is 2. The summed E-state index contributed by atoms with van der Waals surface area (Å²) in [6.45, 7) is 10.5. The van der Waals surface area contributed by atoms with Crippen LogP contribution in [0.1, 0.15) is 49.8 Å². The number of anilines is 2. The number of benzene rings is 1. The average molecular weight is 396 g/mol. The highest BCUT2D eigenvalue weighted by Crippen LogP contribution is 2.42. The normalized spacial score (nSPS) is 20.2. The molecule has 1 aromatic carbocycles. The lowest BCUT2D eigenvalue weighted by atomic mass is 9.73. The molecule has 1 atom stereocenters. The van der Waals surface area contributed by atoms with E-state index in [1.807, 2.05) is 43.6 Å². The molecule has 3 nitrogen and oxygen atoms in total. The highest BCUT2D eigenvalue weighted by atomic mass is 35.5. The number of hydrogen-bond donors (Lipinski definition) is 2. The van der Waals surface area contributed by atoms with Crippen LogP contribution in [-0.4, -0.2) is 12.0 Å². The van der Waals surface area contributed by atoms with Gasteiger partial charge in [0.25, 0.3) is 0 Å². The molecule has 148 valence electrons. The summed E-state index contributed by atoms with van der Waals surface area (Å²) in [5.74, 6) is 1.66. The number of nitrogens with zero attached hydrogens (tertiary/aromatic N) is 1. The van der Waals surface area contributed by atoms with Crippen molar-refractivity contribution in [3.05, 3.63) is 71.7 Å². The van der Waals surface area contributed by atoms with Crippen LogP contribution in [0.15, 0.2) is 55.4 Å². The van der Waals surface area contributed by atoms with Crippen LogP contribution in [0.2, 0.25) is 5.02 Å². The zero-order valence-electron chi connectivity index (χ0n) is 16.8. The largest absolute Gasteiger partial charge is 0.386 e. The van der Waals surface area contributed by atoms with Gasteiger partial charge in [0.1, 0.15) is 0 Å². The molecular formula is C24H30ClN3. The fourth-order valence-corrected chi connectivity index (χ4v) is 4.43. The molecule has 0 bridgehead atoms. The maximum absolute atomic E-state index is 5.97. The Hall–Kier alpha value is -2.26. The Bertz CT molecular complexity index is 820. The molecule has 1 heterocycles. The Labute approximate surface area is 173 Å². The third-order valence-electron chi connectivity index (χ3n) is 6.07. The van der Waals surface area contributed by atoms with Gasteiger partial charge in [0, 0.05) is 29.7 Å². The van der Waals surface area contributed by atoms with E-state index in [-0.39, 0.29) is 0 Å². The number of rotatable bonds is 7. The molecule has 1 aliphatic rings. The monoisotopic (exact) mass is 395 g/mol. The Morgan fingerprint density at radius 2 is 1.86 bits per heavy atom. The molecule has 28 heavy (non-hydrogen) atoms. The van der Waals surface area contributed by atoms with E-state index in [1.165, 1.54) is 31.2 Å². The molecule has 0 amide bonds. The second kappa shape index (κ2) is 9.29. The maximum Gasteiger partial charge on any atom is 0.0857 e. The minimum atomic E-state index is 0.432. The van der Waals surface area contributed by atoms with Crippen molar-refractivity contribution in [2.24, 2.45) is 11.8 Å². The molecule has 0 radical (unpaired) electrons. The van der Waals surface area contributed by atoms with Crippen molar-refractivity contribution in [1.29, 1.82) is 0 Å². The lowest BCUT2D eigenvalue weighted by Gasteiger charge is -2.34. The quantitative estimate of drug-likeness (QED) is 0.532. The van der Waals surface area contributed by atoms with Crippen LogP contribution in [-0.2, 0) is 0 Å². The fourth-order valence-electron chi connectivity index (χ4n) is 4.31. The van der Waals surface area contributed by atoms with Crippen LogP contribution in [0.3, 0.4) is 0 Å². The first-order valence-electron chi connectivity index (χ1n) is 10.0. The van der Waals surface area contributed by atoms with Gasteiger partial charge in [0.15, 0.2) is 0 Å². The SMILES string of the molecule is C=Cc1nccc(C2CCC(C(C)C(=C)Nc3ccc(Cl)cc3)CC2)c1NC. The Morgan fingerprint density at radius 3 is 2.46 bits per heavy atom. The fraction of sp³-hybridized carbons (Fsp3) is 0.375. The van der Waals surface area contributed by atoms with E-state index in [9.17, 15) is 0 Å². The van der Waals surface area contributed by atoms with Gasteiger partial charge in [-0.05, 0) is 85.4 Å². The number of hydrogen-bond acceptors (Lipinski definition) is 3. The molecule has 3 rings (SSSR count). The molecule has 1 saturated carbocycles. The predicted octanol–water partition coefficient (Wildman–Crippen LogP) is 6.96. The molecule has 1 unspecified atom stereocenters. The molecule has 0 spiro atoms. The highest BCUT2D eigenvalue weighted by molar-refractivity contribution is 6.30. The standard InChI is InChI=1S/C24H30ClN3/c1-5-23-24(26-4)22(14-15-27-23)19-8-6-18(7-9-19)16(2)17(3)28-21-12-10-20(25)11-13-21/h5,10-16,18-19,26,28H,1,3,6-9H2,2,4H3. The van der Waals surface area contributed by atoms with E-state index >= 15 is 0 Å². The third kappa shape index (κ3) is 4.59. The van der Waals surface area contributed by atoms with E-state index in [0.717, 1.165) is 27.8 Å². The highest BCUT2D eigenvalue weighted by Gasteiger charge is 2.28. The molecule has 2 N–H and O–H groups in total. The molecular weight excluding hydrogens is 366 g/mol. The summed E-state index contributed by atoms with van der Waals surface area (Å²) in [5.41, 5.74) is 5.57. The number of halogens is 1. The van der Waals surface area contributed by atoms with Crippen LogP contribution >= 0.6 is 11.6 Å². The summed E-state index contributed by atoms with van der Waals surface area (Å²) in [7, 11) is 1.97. The van der Waals surface area contributed by atoms with Gasteiger partial charge in [-0.2, -0.15) is 0 Å². The molecule has 0 aliphatic heterocycles. The second-order valence-electron chi connectivity index (χ2n) is 7.67. The number of pyridine rings is 1. The van der Waals surface area contributed by atoms with Gasteiger partial charge < -0.3 is 10.6 Å². The first kappa shape index (κ1) is 20.5. The van der Waals surface area contributed by atoms with E-state index in [1.54, 1.807) is 0 Å². The van der Waals surface area contributed by atoms with Crippen molar-refractivity contribution < 1.29 is 0 Å². The second-order valence-corrected chi connectivity index (χ2v) is 8.11. The summed E-state index contributed by atoms with van der Waals surface area (Å²) in [6.07, 6.45) is 8.54. The minimum absolute atomic E-state index is 0.432. The smallest absolute Gasteiger partial charge is 0.0857 e. The molecule has 0 saturated heterocycles. The summed E-state index contributed by atoms with van der Waals surface area (Å²) in [6, 6.07) is 9.96. The molecule has 2 aromatic rings. The lowest BCUT2D eigenvalue weighted by molar-refractivity contribution is 0.270. The molecule has 1 aliphatic carbocycles. The van der Waals surface area contributed by atoms with Crippen molar-refractivity contribution in [3.63, 3.8) is 0 Å². The molecule has 1 aromatic heterocycles. The summed E-state index contributed by atoms with van der Waals surface area (Å²) in [5, 5.41) is 7.54. The third-order valence-corrected chi connectivity index (χ3v) is 6.33. The molecule has 4 heteroatoms. The predicted molar refractivity (Wildman–Crippen MR) is 122 cm³/mol. The van der Waals surface area contributed by atoms with Crippen LogP contribution in [0, 0.1) is 11.8 Å². The van der Waals surface area contributed by atoms with Gasteiger partial charge in [-0.15, -0.1) is 0 Å². The van der Waals surface area contributed by atoms with Crippen LogP contribution in [0.25, 0.3) is 6.08 Å². The van der Waals surface area contributed by atoms with Gasteiger partial charge >= 0.3 is 0 Å². The Morgan fingerprint density at radius 1 is 1.18 bits per heavy atom. The topological polar surface area (TPSA) is 37.0 Å². The summed E-state index contributed by atoms with van der Waals surface area (Å²) < 4.78 is 0. The van der Waals surface area contributed by atoms with Crippen molar-refractivity contribution in [2.45, 2.75) is 38.5 Å². The van der Waals surface area contributed by atoms with E-state index in [0.29, 0.717) is 17.8 Å². The first-order chi connectivity index (χ1) is 13.5. The van der Waals surface area contributed by atoms with Crippen molar-refractivity contribution >= 4 is 29.1 Å². The van der Waals surface area contributed by atoms with Crippen LogP contribution in [0.4, 0.5) is 11.4 Å². The first-order valence-corrected chi connectivity index (χ1v) is 10.4. The van der Waals surface area contributed by atoms with E-state index in [4.69, 9.17) is 11.6 Å². The van der Waals surface area contributed by atoms with Crippen molar-refractivity contribution in [3.8, 4) is 0 Å². The summed E-state index contributed by atoms with van der Waals surface area (Å²) >= 11 is 5.97. The maximum atomic E-state index is 5.97. The van der Waals surface area contributed by atoms with Gasteiger partial charge in [-0.25, -0.2) is 0 Å². The number of allylic oxidation sites excluding steroid dienone is 1. The van der Waals surface area contributed by atoms with E-state index < -0.39 is 0 Å². The van der Waals surface area contributed by atoms with Crippen LogP contribution in [0.5, 0.6) is 0 Å². The lowest BCUT2D eigenvalue weighted by Crippen LogP contribution is -2.23. The van der Waals surface area contributed by atoms with Gasteiger partial charge in [0.2, 0.25) is 0 Å². The van der Waals surface area contributed by atoms with E-state index in [2.05, 4.69) is 41.8 Å². The number of aromatic nitrogens is 1.